The summed E-state index contributed by atoms with van der Waals surface area (Å²) in [5.74, 6) is 0.782. The quantitative estimate of drug-likeness (QED) is 0.594. The van der Waals surface area contributed by atoms with E-state index in [2.05, 4.69) is 74.4 Å². The minimum atomic E-state index is 0.256. The molecule has 0 radical (unpaired) electrons. The van der Waals surface area contributed by atoms with Gasteiger partial charge in [-0.15, -0.1) is 11.3 Å². The highest BCUT2D eigenvalue weighted by Gasteiger charge is 2.22. The van der Waals surface area contributed by atoms with Gasteiger partial charge in [-0.2, -0.15) is 0 Å². The fourth-order valence-corrected chi connectivity index (χ4v) is 5.80. The van der Waals surface area contributed by atoms with E-state index in [1.807, 2.05) is 0 Å². The normalized spacial score (nSPS) is 16.7. The molecule has 1 N–H and O–H groups in total. The molecule has 1 unspecified atom stereocenters. The van der Waals surface area contributed by atoms with Gasteiger partial charge in [-0.05, 0) is 79.9 Å². The summed E-state index contributed by atoms with van der Waals surface area (Å²) in [6.07, 6.45) is 4.08. The van der Waals surface area contributed by atoms with Gasteiger partial charge >= 0.3 is 0 Å². The van der Waals surface area contributed by atoms with Crippen molar-refractivity contribution >= 4 is 43.2 Å². The summed E-state index contributed by atoms with van der Waals surface area (Å²) in [4.78, 5) is 0. The third kappa shape index (κ3) is 3.44. The Morgan fingerprint density at radius 1 is 1.29 bits per heavy atom. The lowest BCUT2D eigenvalue weighted by atomic mass is 9.79. The van der Waals surface area contributed by atoms with E-state index >= 15 is 0 Å². The molecule has 1 aliphatic carbocycles. The van der Waals surface area contributed by atoms with Gasteiger partial charge in [0, 0.05) is 0 Å². The second-order valence-electron chi connectivity index (χ2n) is 5.57. The molecular weight excluding hydrogens is 410 g/mol. The zero-order chi connectivity index (χ0) is 14.8. The van der Waals surface area contributed by atoms with Gasteiger partial charge in [-0.1, -0.05) is 37.6 Å². The molecule has 0 bridgehead atoms. The predicted molar refractivity (Wildman–Crippen MR) is 98.3 cm³/mol. The van der Waals surface area contributed by atoms with Crippen molar-refractivity contribution in [3.05, 3.63) is 54.6 Å². The van der Waals surface area contributed by atoms with Crippen LogP contribution in [0.2, 0.25) is 0 Å². The number of nitrogens with one attached hydrogen (secondary N) is 1. The van der Waals surface area contributed by atoms with Crippen molar-refractivity contribution in [1.82, 2.24) is 5.32 Å². The maximum absolute atomic E-state index is 3.71. The molecule has 0 amide bonds. The highest BCUT2D eigenvalue weighted by Crippen LogP contribution is 2.40. The van der Waals surface area contributed by atoms with Crippen molar-refractivity contribution in [2.75, 3.05) is 6.54 Å². The van der Waals surface area contributed by atoms with Crippen molar-refractivity contribution in [2.24, 2.45) is 0 Å². The molecule has 3 rings (SSSR count). The molecule has 1 atom stereocenters. The predicted octanol–water partition coefficient (Wildman–Crippen LogP) is 6.24. The standard InChI is InChI=1S/C17H19Br2NS/c1-2-20-16(14-10-15(18)21-17(14)19)13-8-4-7-12(9-13)11-5-3-6-11/h4,7-11,16,20H,2-3,5-6H2,1H3. The first-order valence-electron chi connectivity index (χ1n) is 7.47. The smallest absolute Gasteiger partial charge is 0.0761 e. The molecule has 0 saturated heterocycles. The lowest BCUT2D eigenvalue weighted by Crippen LogP contribution is -2.22. The molecule has 1 aromatic carbocycles. The number of rotatable bonds is 5. The highest BCUT2D eigenvalue weighted by atomic mass is 79.9. The average Bonchev–Trinajstić information content (AvgIpc) is 2.73. The van der Waals surface area contributed by atoms with E-state index < -0.39 is 0 Å². The monoisotopic (exact) mass is 427 g/mol. The summed E-state index contributed by atoms with van der Waals surface area (Å²) in [5, 5.41) is 3.63. The first-order valence-corrected chi connectivity index (χ1v) is 9.87. The molecule has 1 aliphatic rings. The van der Waals surface area contributed by atoms with Crippen LogP contribution in [0.25, 0.3) is 0 Å². The maximum Gasteiger partial charge on any atom is 0.0761 e. The zero-order valence-corrected chi connectivity index (χ0v) is 16.0. The first kappa shape index (κ1) is 15.7. The summed E-state index contributed by atoms with van der Waals surface area (Å²) in [6.45, 7) is 3.12. The summed E-state index contributed by atoms with van der Waals surface area (Å²) < 4.78 is 2.37. The van der Waals surface area contributed by atoms with Crippen molar-refractivity contribution in [1.29, 1.82) is 0 Å². The van der Waals surface area contributed by atoms with Crippen molar-refractivity contribution < 1.29 is 0 Å². The minimum absolute atomic E-state index is 0.256. The van der Waals surface area contributed by atoms with Crippen LogP contribution < -0.4 is 5.32 Å². The summed E-state index contributed by atoms with van der Waals surface area (Å²) >= 11 is 9.04. The number of benzene rings is 1. The molecular formula is C17H19Br2NS. The van der Waals surface area contributed by atoms with E-state index in [1.54, 1.807) is 11.3 Å². The first-order chi connectivity index (χ1) is 10.2. The van der Waals surface area contributed by atoms with Crippen LogP contribution in [0.5, 0.6) is 0 Å². The molecule has 1 saturated carbocycles. The Bertz CT molecular complexity index is 619. The van der Waals surface area contributed by atoms with E-state index in [0.29, 0.717) is 0 Å². The summed E-state index contributed by atoms with van der Waals surface area (Å²) in [6, 6.07) is 11.6. The molecule has 0 spiro atoms. The molecule has 1 heterocycles. The van der Waals surface area contributed by atoms with Crippen LogP contribution in [-0.4, -0.2) is 6.54 Å². The third-order valence-electron chi connectivity index (χ3n) is 4.22. The largest absolute Gasteiger partial charge is 0.306 e. The molecule has 1 fully saturated rings. The number of hydrogen-bond acceptors (Lipinski definition) is 2. The van der Waals surface area contributed by atoms with Crippen molar-refractivity contribution in [3.8, 4) is 0 Å². The van der Waals surface area contributed by atoms with Gasteiger partial charge < -0.3 is 5.32 Å². The van der Waals surface area contributed by atoms with Crippen LogP contribution in [-0.2, 0) is 0 Å². The lowest BCUT2D eigenvalue weighted by molar-refractivity contribution is 0.419. The molecule has 1 aromatic heterocycles. The second-order valence-corrected chi connectivity index (χ2v) is 9.32. The van der Waals surface area contributed by atoms with Gasteiger partial charge in [0.25, 0.3) is 0 Å². The summed E-state index contributed by atoms with van der Waals surface area (Å²) in [7, 11) is 0. The van der Waals surface area contributed by atoms with Gasteiger partial charge in [-0.3, -0.25) is 0 Å². The Balaban J connectivity index is 1.95. The summed E-state index contributed by atoms with van der Waals surface area (Å²) in [5.41, 5.74) is 4.19. The Morgan fingerprint density at radius 3 is 2.67 bits per heavy atom. The molecule has 112 valence electrons. The van der Waals surface area contributed by atoms with E-state index in [-0.39, 0.29) is 6.04 Å². The van der Waals surface area contributed by atoms with Crippen LogP contribution in [0.1, 0.15) is 54.8 Å². The highest BCUT2D eigenvalue weighted by molar-refractivity contribution is 9.12. The molecule has 1 nitrogen and oxygen atoms in total. The van der Waals surface area contributed by atoms with E-state index in [4.69, 9.17) is 0 Å². The van der Waals surface area contributed by atoms with Gasteiger partial charge in [0.2, 0.25) is 0 Å². The third-order valence-corrected chi connectivity index (χ3v) is 6.61. The molecule has 21 heavy (non-hydrogen) atoms. The Hall–Kier alpha value is -0.160. The van der Waals surface area contributed by atoms with Crippen LogP contribution >= 0.6 is 43.2 Å². The van der Waals surface area contributed by atoms with E-state index in [9.17, 15) is 0 Å². The number of hydrogen-bond donors (Lipinski definition) is 1. The van der Waals surface area contributed by atoms with Gasteiger partial charge in [0.15, 0.2) is 0 Å². The lowest BCUT2D eigenvalue weighted by Gasteiger charge is -2.27. The molecule has 0 aliphatic heterocycles. The Morgan fingerprint density at radius 2 is 2.10 bits per heavy atom. The Kier molecular flexibility index (Phi) is 5.20. The van der Waals surface area contributed by atoms with Crippen molar-refractivity contribution in [2.45, 2.75) is 38.1 Å². The van der Waals surface area contributed by atoms with Crippen LogP contribution in [0.15, 0.2) is 37.9 Å². The van der Waals surface area contributed by atoms with E-state index in [0.717, 1.165) is 12.5 Å². The Labute approximate surface area is 147 Å². The van der Waals surface area contributed by atoms with Gasteiger partial charge in [0.1, 0.15) is 0 Å². The van der Waals surface area contributed by atoms with E-state index in [1.165, 1.54) is 43.5 Å². The topological polar surface area (TPSA) is 12.0 Å². The fraction of sp³-hybridized carbons (Fsp3) is 0.412. The maximum atomic E-state index is 3.71. The second kappa shape index (κ2) is 6.95. The SMILES string of the molecule is CCNC(c1cccc(C2CCC2)c1)c1cc(Br)sc1Br. The number of halogens is 2. The zero-order valence-electron chi connectivity index (χ0n) is 12.0. The molecule has 4 heteroatoms. The average molecular weight is 429 g/mol. The molecule has 2 aromatic rings. The van der Waals surface area contributed by atoms with Gasteiger partial charge in [-0.25, -0.2) is 0 Å². The minimum Gasteiger partial charge on any atom is -0.306 e. The van der Waals surface area contributed by atoms with Gasteiger partial charge in [0.05, 0.1) is 13.6 Å². The van der Waals surface area contributed by atoms with Crippen LogP contribution in [0, 0.1) is 0 Å². The fourth-order valence-electron chi connectivity index (χ4n) is 2.90. The van der Waals surface area contributed by atoms with Crippen LogP contribution in [0.3, 0.4) is 0 Å². The number of thiophene rings is 1. The van der Waals surface area contributed by atoms with Crippen molar-refractivity contribution in [3.63, 3.8) is 0 Å². The van der Waals surface area contributed by atoms with Crippen LogP contribution in [0.4, 0.5) is 0 Å².